The van der Waals surface area contributed by atoms with E-state index < -0.39 is 12.8 Å². The van der Waals surface area contributed by atoms with Crippen molar-refractivity contribution in [2.45, 2.75) is 54.5 Å². The van der Waals surface area contributed by atoms with Gasteiger partial charge in [0.05, 0.1) is 74.0 Å². The Morgan fingerprint density at radius 1 is 1.08 bits per heavy atom. The summed E-state index contributed by atoms with van der Waals surface area (Å²) in [5.74, 6) is -0.0367. The second kappa shape index (κ2) is 13.4. The lowest BCUT2D eigenvalue weighted by atomic mass is 10.0. The third-order valence-electron chi connectivity index (χ3n) is 8.88. The van der Waals surface area contributed by atoms with Crippen LogP contribution in [0.1, 0.15) is 36.4 Å². The molecule has 1 unspecified atom stereocenters. The van der Waals surface area contributed by atoms with Gasteiger partial charge in [-0.25, -0.2) is 14.2 Å². The van der Waals surface area contributed by atoms with E-state index in [-0.39, 0.29) is 23.6 Å². The summed E-state index contributed by atoms with van der Waals surface area (Å²) < 4.78 is 48.0. The third kappa shape index (κ3) is 6.47. The van der Waals surface area contributed by atoms with Gasteiger partial charge in [-0.2, -0.15) is 19.0 Å². The van der Waals surface area contributed by atoms with Crippen LogP contribution >= 0.6 is 11.8 Å². The van der Waals surface area contributed by atoms with E-state index in [1.807, 2.05) is 10.9 Å². The monoisotopic (exact) mass is 680 g/mol. The second-order valence-corrected chi connectivity index (χ2v) is 13.5. The molecule has 0 amide bonds. The molecule has 3 saturated heterocycles. The van der Waals surface area contributed by atoms with E-state index in [1.165, 1.54) is 12.3 Å². The number of thioether (sulfide) groups is 1. The van der Waals surface area contributed by atoms with Gasteiger partial charge in [-0.1, -0.05) is 5.21 Å². The van der Waals surface area contributed by atoms with Gasteiger partial charge in [0.25, 0.3) is 0 Å². The number of aliphatic hydroxyl groups excluding tert-OH is 1. The van der Waals surface area contributed by atoms with Crippen LogP contribution in [0.5, 0.6) is 5.75 Å². The predicted octanol–water partition coefficient (Wildman–Crippen LogP) is 3.46. The van der Waals surface area contributed by atoms with E-state index in [4.69, 9.17) is 19.3 Å². The predicted molar refractivity (Wildman–Crippen MR) is 170 cm³/mol. The standard InChI is InChI=1S/C31H34F2N10O4S/c32-31(33)47-27-3-2-22(48-23-17-46-18-23)10-24(27)28-26(36-30(44)25-11-35-42-7-1-6-34-29(25)42)14-41(38-28)12-19-13-43(39-37-19)20-4-8-40(9-5-20)21-15-45-16-21/h1-3,6-7,10-11,13-14,20-21,23,30-31,36,44H,4-5,8-9,12,15-18H2. The van der Waals surface area contributed by atoms with Crippen LogP contribution in [-0.4, -0.2) is 107 Å². The molecule has 3 aliphatic rings. The largest absolute Gasteiger partial charge is 0.434 e. The fourth-order valence-electron chi connectivity index (χ4n) is 6.19. The number of anilines is 1. The van der Waals surface area contributed by atoms with Crippen LogP contribution in [0.4, 0.5) is 14.5 Å². The van der Waals surface area contributed by atoms with Crippen LogP contribution in [-0.2, 0) is 16.0 Å². The number of hydrogen-bond donors (Lipinski definition) is 2. The summed E-state index contributed by atoms with van der Waals surface area (Å²) in [7, 11) is 0. The number of rotatable bonds is 12. The van der Waals surface area contributed by atoms with Crippen molar-refractivity contribution in [3.63, 3.8) is 0 Å². The van der Waals surface area contributed by atoms with Gasteiger partial charge in [0, 0.05) is 42.1 Å². The third-order valence-corrected chi connectivity index (χ3v) is 10.0. The SMILES string of the molecule is OC(Nc1cn(Cc2cn(C3CCN(C4COC4)CC3)nn2)nc1-c1cc(SC2COC2)ccc1OC(F)F)c1cnn2cccnc12. The molecule has 0 bridgehead atoms. The summed E-state index contributed by atoms with van der Waals surface area (Å²) in [6.07, 6.45) is 9.22. The lowest BCUT2D eigenvalue weighted by Crippen LogP contribution is -2.51. The number of benzene rings is 1. The minimum Gasteiger partial charge on any atom is -0.434 e. The molecule has 0 saturated carbocycles. The van der Waals surface area contributed by atoms with Crippen LogP contribution in [0, 0.1) is 0 Å². The first-order chi connectivity index (χ1) is 23.5. The number of nitrogens with zero attached hydrogens (tertiary/aromatic N) is 9. The lowest BCUT2D eigenvalue weighted by molar-refractivity contribution is -0.0734. The molecule has 17 heteroatoms. The molecule has 0 radical (unpaired) electrons. The molecule has 14 nitrogen and oxygen atoms in total. The summed E-state index contributed by atoms with van der Waals surface area (Å²) in [6.45, 7) is 2.05. The highest BCUT2D eigenvalue weighted by atomic mass is 32.2. The number of nitrogens with one attached hydrogen (secondary N) is 1. The smallest absolute Gasteiger partial charge is 0.387 e. The lowest BCUT2D eigenvalue weighted by Gasteiger charge is -2.41. The molecule has 8 rings (SSSR count). The Labute approximate surface area is 278 Å². The number of ether oxygens (including phenoxy) is 3. The van der Waals surface area contributed by atoms with Gasteiger partial charge in [-0.05, 0) is 37.1 Å². The highest BCUT2D eigenvalue weighted by molar-refractivity contribution is 8.00. The molecule has 4 aromatic heterocycles. The number of aromatic nitrogens is 8. The Bertz CT molecular complexity index is 1870. The molecule has 3 fully saturated rings. The molecule has 1 aromatic carbocycles. The highest BCUT2D eigenvalue weighted by Crippen LogP contribution is 2.40. The fraction of sp³-hybridized carbons (Fsp3) is 0.452. The first-order valence-electron chi connectivity index (χ1n) is 15.8. The van der Waals surface area contributed by atoms with Gasteiger partial charge in [0.1, 0.15) is 17.1 Å². The molecule has 48 heavy (non-hydrogen) atoms. The zero-order valence-corrected chi connectivity index (χ0v) is 26.6. The quantitative estimate of drug-likeness (QED) is 0.187. The van der Waals surface area contributed by atoms with Gasteiger partial charge in [0.15, 0.2) is 11.9 Å². The van der Waals surface area contributed by atoms with Crippen molar-refractivity contribution in [1.29, 1.82) is 0 Å². The maximum Gasteiger partial charge on any atom is 0.387 e. The van der Waals surface area contributed by atoms with E-state index in [9.17, 15) is 13.9 Å². The van der Waals surface area contributed by atoms with Gasteiger partial charge < -0.3 is 24.6 Å². The molecular formula is C31H34F2N10O4S. The van der Waals surface area contributed by atoms with Crippen molar-refractivity contribution in [2.75, 3.05) is 44.8 Å². The van der Waals surface area contributed by atoms with Crippen LogP contribution in [0.15, 0.2) is 60.1 Å². The number of hydrogen-bond acceptors (Lipinski definition) is 12. The molecule has 7 heterocycles. The maximum atomic E-state index is 13.6. The Morgan fingerprint density at radius 2 is 1.92 bits per heavy atom. The average Bonchev–Trinajstić information content (AvgIpc) is 3.78. The molecular weight excluding hydrogens is 646 g/mol. The van der Waals surface area contributed by atoms with E-state index in [0.29, 0.717) is 53.1 Å². The normalized spacial score (nSPS) is 18.7. The number of likely N-dealkylation sites (tertiary alicyclic amines) is 1. The molecule has 0 spiro atoms. The van der Waals surface area contributed by atoms with E-state index >= 15 is 0 Å². The summed E-state index contributed by atoms with van der Waals surface area (Å²) in [5, 5.41) is 32.7. The molecule has 0 aliphatic carbocycles. The number of aliphatic hydroxyl groups is 1. The average molecular weight is 681 g/mol. The molecule has 252 valence electrons. The van der Waals surface area contributed by atoms with Crippen molar-refractivity contribution in [1.82, 2.24) is 44.3 Å². The van der Waals surface area contributed by atoms with Gasteiger partial charge in [-0.3, -0.25) is 9.58 Å². The van der Waals surface area contributed by atoms with Crippen LogP contribution in [0.2, 0.25) is 0 Å². The zero-order valence-electron chi connectivity index (χ0n) is 25.8. The first kappa shape index (κ1) is 31.1. The minimum atomic E-state index is -3.04. The molecule has 1 atom stereocenters. The summed E-state index contributed by atoms with van der Waals surface area (Å²) in [6, 6.07) is 7.55. The Morgan fingerprint density at radius 3 is 2.67 bits per heavy atom. The van der Waals surface area contributed by atoms with Crippen molar-refractivity contribution < 1.29 is 28.1 Å². The zero-order chi connectivity index (χ0) is 32.6. The van der Waals surface area contributed by atoms with Crippen molar-refractivity contribution in [3.8, 4) is 17.0 Å². The minimum absolute atomic E-state index is 0.0367. The van der Waals surface area contributed by atoms with Gasteiger partial charge in [-0.15, -0.1) is 16.9 Å². The number of alkyl halides is 2. The van der Waals surface area contributed by atoms with Crippen LogP contribution in [0.3, 0.4) is 0 Å². The van der Waals surface area contributed by atoms with E-state index in [0.717, 1.165) is 44.0 Å². The second-order valence-electron chi connectivity index (χ2n) is 12.1. The van der Waals surface area contributed by atoms with Gasteiger partial charge >= 0.3 is 6.61 Å². The number of fused-ring (bicyclic) bond motifs is 1. The van der Waals surface area contributed by atoms with Crippen molar-refractivity contribution in [2.24, 2.45) is 0 Å². The number of piperidine rings is 1. The Kier molecular flexibility index (Phi) is 8.68. The summed E-state index contributed by atoms with van der Waals surface area (Å²) >= 11 is 1.60. The summed E-state index contributed by atoms with van der Waals surface area (Å²) in [5.41, 5.74) is 2.66. The van der Waals surface area contributed by atoms with Crippen molar-refractivity contribution >= 4 is 23.1 Å². The van der Waals surface area contributed by atoms with Gasteiger partial charge in [0.2, 0.25) is 0 Å². The topological polar surface area (TPSA) is 142 Å². The molecule has 2 N–H and O–H groups in total. The summed E-state index contributed by atoms with van der Waals surface area (Å²) in [4.78, 5) is 7.68. The van der Waals surface area contributed by atoms with E-state index in [2.05, 4.69) is 30.6 Å². The number of halogens is 2. The maximum absolute atomic E-state index is 13.6. The van der Waals surface area contributed by atoms with E-state index in [1.54, 1.807) is 57.7 Å². The van der Waals surface area contributed by atoms with Crippen molar-refractivity contribution in [3.05, 3.63) is 66.5 Å². The molecule has 3 aliphatic heterocycles. The Balaban J connectivity index is 1.09. The van der Waals surface area contributed by atoms with Crippen LogP contribution < -0.4 is 10.1 Å². The Hall–Kier alpha value is -4.16. The van der Waals surface area contributed by atoms with Crippen LogP contribution in [0.25, 0.3) is 16.9 Å². The highest BCUT2D eigenvalue weighted by Gasteiger charge is 2.31. The first-order valence-corrected chi connectivity index (χ1v) is 16.7. The fourth-order valence-corrected chi connectivity index (χ4v) is 7.24. The molecule has 5 aromatic rings.